The molecule has 1 spiro atoms. The van der Waals surface area contributed by atoms with Gasteiger partial charge in [0, 0.05) is 6.42 Å². The van der Waals surface area contributed by atoms with Gasteiger partial charge in [0.2, 0.25) is 5.79 Å². The third kappa shape index (κ3) is 0.891. The Labute approximate surface area is 66.2 Å². The Balaban J connectivity index is 2.26. The van der Waals surface area contributed by atoms with E-state index < -0.39 is 5.79 Å². The van der Waals surface area contributed by atoms with Gasteiger partial charge in [-0.1, -0.05) is 12.0 Å². The van der Waals surface area contributed by atoms with E-state index in [1.165, 1.54) is 0 Å². The number of ether oxygens (including phenoxy) is 2. The van der Waals surface area contributed by atoms with Crippen LogP contribution < -0.4 is 0 Å². The van der Waals surface area contributed by atoms with E-state index in [4.69, 9.17) is 15.9 Å². The highest BCUT2D eigenvalue weighted by atomic mass is 16.7. The van der Waals surface area contributed by atoms with Crippen LogP contribution >= 0.6 is 0 Å². The summed E-state index contributed by atoms with van der Waals surface area (Å²) >= 11 is 0. The molecule has 2 heteroatoms. The van der Waals surface area contributed by atoms with Crippen molar-refractivity contribution in [3.63, 3.8) is 0 Å². The minimum atomic E-state index is -0.519. The molecular formula is C9H10O2. The Morgan fingerprint density at radius 3 is 2.82 bits per heavy atom. The maximum Gasteiger partial charge on any atom is 0.202 e. The van der Waals surface area contributed by atoms with Crippen molar-refractivity contribution < 1.29 is 9.47 Å². The number of rotatable bonds is 0. The molecule has 0 aromatic carbocycles. The van der Waals surface area contributed by atoms with E-state index >= 15 is 0 Å². The van der Waals surface area contributed by atoms with Gasteiger partial charge in [0.15, 0.2) is 0 Å². The molecule has 0 N–H and O–H groups in total. The van der Waals surface area contributed by atoms with Crippen LogP contribution in [0.25, 0.3) is 0 Å². The zero-order valence-corrected chi connectivity index (χ0v) is 6.30. The third-order valence-corrected chi connectivity index (χ3v) is 2.14. The molecule has 0 radical (unpaired) electrons. The molecular weight excluding hydrogens is 140 g/mol. The summed E-state index contributed by atoms with van der Waals surface area (Å²) in [6.07, 6.45) is 9.18. The van der Waals surface area contributed by atoms with Gasteiger partial charge >= 0.3 is 0 Å². The number of hydrogen-bond donors (Lipinski definition) is 0. The van der Waals surface area contributed by atoms with Gasteiger partial charge < -0.3 is 9.47 Å². The quantitative estimate of drug-likeness (QED) is 0.481. The summed E-state index contributed by atoms with van der Waals surface area (Å²) in [4.78, 5) is 0. The van der Waals surface area contributed by atoms with Gasteiger partial charge in [0.1, 0.15) is 0 Å². The summed E-state index contributed by atoms with van der Waals surface area (Å²) in [5.41, 5.74) is 0.870. The van der Waals surface area contributed by atoms with Crippen molar-refractivity contribution >= 4 is 0 Å². The molecule has 0 saturated carbocycles. The average Bonchev–Trinajstić information content (AvgIpc) is 2.62. The van der Waals surface area contributed by atoms with Crippen molar-refractivity contribution in [3.8, 4) is 12.3 Å². The molecule has 1 aliphatic heterocycles. The Morgan fingerprint density at radius 1 is 1.45 bits per heavy atom. The summed E-state index contributed by atoms with van der Waals surface area (Å²) in [6, 6.07) is 0. The smallest absolute Gasteiger partial charge is 0.202 e. The van der Waals surface area contributed by atoms with Crippen molar-refractivity contribution in [1.29, 1.82) is 0 Å². The molecule has 2 rings (SSSR count). The second-order valence-electron chi connectivity index (χ2n) is 2.75. The fourth-order valence-corrected chi connectivity index (χ4v) is 1.62. The van der Waals surface area contributed by atoms with Crippen molar-refractivity contribution in [3.05, 3.63) is 11.6 Å². The first-order chi connectivity index (χ1) is 5.37. The summed E-state index contributed by atoms with van der Waals surface area (Å²) in [7, 11) is 0. The van der Waals surface area contributed by atoms with E-state index in [0.717, 1.165) is 18.4 Å². The molecule has 2 aliphatic rings. The highest BCUT2D eigenvalue weighted by molar-refractivity contribution is 5.36. The van der Waals surface area contributed by atoms with Crippen LogP contribution in [0.5, 0.6) is 0 Å². The number of allylic oxidation sites excluding steroid dienone is 1. The largest absolute Gasteiger partial charge is 0.343 e. The van der Waals surface area contributed by atoms with E-state index in [9.17, 15) is 0 Å². The van der Waals surface area contributed by atoms with Crippen LogP contribution in [0, 0.1) is 12.3 Å². The molecule has 0 bridgehead atoms. The van der Waals surface area contributed by atoms with Gasteiger partial charge in [0.25, 0.3) is 0 Å². The van der Waals surface area contributed by atoms with Crippen LogP contribution in [0.4, 0.5) is 0 Å². The van der Waals surface area contributed by atoms with Crippen LogP contribution in [0.3, 0.4) is 0 Å². The number of hydrogen-bond acceptors (Lipinski definition) is 2. The zero-order valence-electron chi connectivity index (χ0n) is 6.30. The van der Waals surface area contributed by atoms with Crippen molar-refractivity contribution in [1.82, 2.24) is 0 Å². The van der Waals surface area contributed by atoms with Gasteiger partial charge in [-0.05, 0) is 6.42 Å². The SMILES string of the molecule is C#CC1=CCCC12OCCO2. The number of terminal acetylenes is 1. The zero-order chi connectivity index (χ0) is 7.73. The molecule has 1 heterocycles. The maximum atomic E-state index is 5.47. The fourth-order valence-electron chi connectivity index (χ4n) is 1.62. The summed E-state index contributed by atoms with van der Waals surface area (Å²) < 4.78 is 10.9. The molecule has 0 aromatic rings. The van der Waals surface area contributed by atoms with E-state index in [0.29, 0.717) is 13.2 Å². The minimum absolute atomic E-state index is 0.519. The Bertz CT molecular complexity index is 228. The topological polar surface area (TPSA) is 18.5 Å². The summed E-state index contributed by atoms with van der Waals surface area (Å²) in [5.74, 6) is 2.09. The highest BCUT2D eigenvalue weighted by Gasteiger charge is 2.42. The van der Waals surface area contributed by atoms with Gasteiger partial charge in [-0.25, -0.2) is 0 Å². The molecule has 58 valence electrons. The van der Waals surface area contributed by atoms with Gasteiger partial charge in [0.05, 0.1) is 18.8 Å². The standard InChI is InChI=1S/C9H10O2/c1-2-8-4-3-5-9(8)10-6-7-11-9/h1,4H,3,5-7H2. The second kappa shape index (κ2) is 2.37. The average molecular weight is 150 g/mol. The van der Waals surface area contributed by atoms with E-state index in [-0.39, 0.29) is 0 Å². The first-order valence-corrected chi connectivity index (χ1v) is 3.82. The molecule has 2 nitrogen and oxygen atoms in total. The van der Waals surface area contributed by atoms with E-state index in [1.54, 1.807) is 0 Å². The Morgan fingerprint density at radius 2 is 2.18 bits per heavy atom. The van der Waals surface area contributed by atoms with Gasteiger partial charge in [-0.3, -0.25) is 0 Å². The van der Waals surface area contributed by atoms with Crippen molar-refractivity contribution in [2.45, 2.75) is 18.6 Å². The molecule has 11 heavy (non-hydrogen) atoms. The molecule has 1 fully saturated rings. The summed E-state index contributed by atoms with van der Waals surface area (Å²) in [5, 5.41) is 0. The lowest BCUT2D eigenvalue weighted by Gasteiger charge is -2.22. The summed E-state index contributed by atoms with van der Waals surface area (Å²) in [6.45, 7) is 1.33. The maximum absolute atomic E-state index is 5.47. The lowest BCUT2D eigenvalue weighted by molar-refractivity contribution is -0.120. The predicted octanol–water partition coefficient (Wildman–Crippen LogP) is 1.08. The van der Waals surface area contributed by atoms with Crippen LogP contribution in [0.1, 0.15) is 12.8 Å². The second-order valence-corrected chi connectivity index (χ2v) is 2.75. The normalized spacial score (nSPS) is 27.0. The van der Waals surface area contributed by atoms with Crippen molar-refractivity contribution in [2.24, 2.45) is 0 Å². The highest BCUT2D eigenvalue weighted by Crippen LogP contribution is 2.37. The van der Waals surface area contributed by atoms with Crippen LogP contribution in [-0.2, 0) is 9.47 Å². The minimum Gasteiger partial charge on any atom is -0.343 e. The fraction of sp³-hybridized carbons (Fsp3) is 0.556. The van der Waals surface area contributed by atoms with Crippen LogP contribution in [0.15, 0.2) is 11.6 Å². The first-order valence-electron chi connectivity index (χ1n) is 3.82. The Kier molecular flexibility index (Phi) is 1.49. The lowest BCUT2D eigenvalue weighted by Crippen LogP contribution is -2.28. The lowest BCUT2D eigenvalue weighted by atomic mass is 10.1. The first kappa shape index (κ1) is 6.90. The molecule has 0 amide bonds. The van der Waals surface area contributed by atoms with Crippen molar-refractivity contribution in [2.75, 3.05) is 13.2 Å². The van der Waals surface area contributed by atoms with E-state index in [2.05, 4.69) is 5.92 Å². The Hall–Kier alpha value is -0.780. The molecule has 1 saturated heterocycles. The molecule has 0 unspecified atom stereocenters. The van der Waals surface area contributed by atoms with Crippen LogP contribution in [0.2, 0.25) is 0 Å². The van der Waals surface area contributed by atoms with E-state index in [1.807, 2.05) is 6.08 Å². The molecule has 1 aliphatic carbocycles. The molecule has 0 aromatic heterocycles. The van der Waals surface area contributed by atoms with Gasteiger partial charge in [-0.15, -0.1) is 6.42 Å². The molecule has 0 atom stereocenters. The third-order valence-electron chi connectivity index (χ3n) is 2.14. The predicted molar refractivity (Wildman–Crippen MR) is 40.8 cm³/mol. The monoisotopic (exact) mass is 150 g/mol. The van der Waals surface area contributed by atoms with Gasteiger partial charge in [-0.2, -0.15) is 0 Å². The van der Waals surface area contributed by atoms with Crippen LogP contribution in [-0.4, -0.2) is 19.0 Å².